The zero-order valence-electron chi connectivity index (χ0n) is 38.6. The van der Waals surface area contributed by atoms with E-state index in [-0.39, 0.29) is 72.0 Å². The van der Waals surface area contributed by atoms with Crippen LogP contribution in [0.25, 0.3) is 10.9 Å². The number of likely N-dealkylation sites (tertiary alicyclic amines) is 1. The average Bonchev–Trinajstić information content (AvgIpc) is 3.35. The third-order valence-corrected chi connectivity index (χ3v) is 12.9. The minimum atomic E-state index is -2.12. The Morgan fingerprint density at radius 2 is 1.55 bits per heavy atom. The van der Waals surface area contributed by atoms with Gasteiger partial charge in [0.2, 0.25) is 11.2 Å². The lowest BCUT2D eigenvalue weighted by molar-refractivity contribution is -0.164. The van der Waals surface area contributed by atoms with E-state index in [1.165, 1.54) is 17.7 Å². The van der Waals surface area contributed by atoms with E-state index in [1.54, 1.807) is 84.9 Å². The fourth-order valence-electron chi connectivity index (χ4n) is 9.02. The number of aromatic hydroxyl groups is 1. The van der Waals surface area contributed by atoms with Crippen molar-refractivity contribution in [3.63, 3.8) is 0 Å². The van der Waals surface area contributed by atoms with E-state index in [0.29, 0.717) is 59.6 Å². The Bertz CT molecular complexity index is 2770. The third-order valence-electron chi connectivity index (χ3n) is 12.9. The minimum Gasteiger partial charge on any atom is -0.506 e. The van der Waals surface area contributed by atoms with Gasteiger partial charge in [0.05, 0.1) is 24.8 Å². The lowest BCUT2D eigenvalue weighted by Gasteiger charge is -2.36. The van der Waals surface area contributed by atoms with Crippen molar-refractivity contribution >= 4 is 28.7 Å². The number of fused-ring (bicyclic) bond motifs is 1. The largest absolute Gasteiger partial charge is 0.506 e. The van der Waals surface area contributed by atoms with Crippen LogP contribution in [0.3, 0.4) is 0 Å². The highest BCUT2D eigenvalue weighted by Crippen LogP contribution is 2.34. The number of aromatic amines is 1. The summed E-state index contributed by atoms with van der Waals surface area (Å²) in [4.78, 5) is 57.0. The Labute approximate surface area is 400 Å². The van der Waals surface area contributed by atoms with Crippen molar-refractivity contribution in [3.05, 3.63) is 171 Å². The Balaban J connectivity index is 0.789. The van der Waals surface area contributed by atoms with Crippen LogP contribution in [0, 0.1) is 5.92 Å². The summed E-state index contributed by atoms with van der Waals surface area (Å²) < 4.78 is 17.6. The van der Waals surface area contributed by atoms with Crippen molar-refractivity contribution in [1.29, 1.82) is 0 Å². The number of nitrogens with zero attached hydrogens (tertiary/aromatic N) is 1. The number of amides is 2. The molecule has 1 aliphatic heterocycles. The van der Waals surface area contributed by atoms with Crippen LogP contribution in [0.15, 0.2) is 132 Å². The van der Waals surface area contributed by atoms with Gasteiger partial charge in [0, 0.05) is 59.9 Å². The van der Waals surface area contributed by atoms with Crippen molar-refractivity contribution in [3.8, 4) is 17.2 Å². The van der Waals surface area contributed by atoms with E-state index < -0.39 is 17.7 Å². The van der Waals surface area contributed by atoms with Gasteiger partial charge in [-0.1, -0.05) is 84.9 Å². The number of hydrogen-bond acceptors (Lipinski definition) is 12. The van der Waals surface area contributed by atoms with Gasteiger partial charge >= 0.3 is 5.97 Å². The maximum atomic E-state index is 13.9. The summed E-state index contributed by atoms with van der Waals surface area (Å²) in [5, 5.41) is 43.1. The second-order valence-corrected chi connectivity index (χ2v) is 17.8. The number of phenols is 1. The van der Waals surface area contributed by atoms with E-state index in [4.69, 9.17) is 14.2 Å². The molecule has 7 N–H and O–H groups in total. The number of esters is 1. The van der Waals surface area contributed by atoms with Gasteiger partial charge in [0.1, 0.15) is 17.2 Å². The monoisotopic (exact) mass is 937 g/mol. The highest BCUT2D eigenvalue weighted by atomic mass is 16.6. The minimum absolute atomic E-state index is 0.0862. The number of aromatic nitrogens is 1. The van der Waals surface area contributed by atoms with Gasteiger partial charge in [-0.3, -0.25) is 19.3 Å². The van der Waals surface area contributed by atoms with E-state index in [1.807, 2.05) is 25.1 Å². The summed E-state index contributed by atoms with van der Waals surface area (Å²) in [6.07, 6.45) is 1.87. The van der Waals surface area contributed by atoms with Crippen LogP contribution >= 0.6 is 0 Å². The van der Waals surface area contributed by atoms with E-state index in [9.17, 15) is 34.5 Å². The first-order chi connectivity index (χ1) is 33.5. The van der Waals surface area contributed by atoms with Gasteiger partial charge in [0.15, 0.2) is 6.61 Å². The van der Waals surface area contributed by atoms with E-state index in [2.05, 4.69) is 38.0 Å². The molecule has 1 aliphatic carbocycles. The molecule has 69 heavy (non-hydrogen) atoms. The molecule has 360 valence electrons. The number of piperidine rings is 1. The lowest BCUT2D eigenvalue weighted by Crippen LogP contribution is -2.54. The van der Waals surface area contributed by atoms with Crippen LogP contribution in [-0.4, -0.2) is 94.5 Å². The maximum Gasteiger partial charge on any atom is 0.347 e. The second kappa shape index (κ2) is 22.4. The fourth-order valence-corrected chi connectivity index (χ4v) is 9.02. The smallest absolute Gasteiger partial charge is 0.347 e. The van der Waals surface area contributed by atoms with Crippen molar-refractivity contribution in [2.24, 2.45) is 5.92 Å². The van der Waals surface area contributed by atoms with Gasteiger partial charge in [-0.25, -0.2) is 4.79 Å². The number of rotatable bonds is 20. The fraction of sp³-hybridized carbons (Fsp3) is 0.333. The summed E-state index contributed by atoms with van der Waals surface area (Å²) in [6, 6.07) is 36.3. The molecule has 1 saturated carbocycles. The molecule has 15 nitrogen and oxygen atoms in total. The molecule has 6 aromatic rings. The molecule has 0 radical (unpaired) electrons. The van der Waals surface area contributed by atoms with Crippen LogP contribution in [-0.2, 0) is 33.0 Å². The molecule has 1 aromatic heterocycles. The number of H-pyrrole nitrogens is 1. The first-order valence-electron chi connectivity index (χ1n) is 23.5. The van der Waals surface area contributed by atoms with E-state index in [0.717, 1.165) is 38.0 Å². The molecule has 2 amide bonds. The first kappa shape index (κ1) is 48.4. The molecule has 2 fully saturated rings. The number of aliphatic hydroxyl groups is 2. The van der Waals surface area contributed by atoms with Crippen LogP contribution in [0.4, 0.5) is 0 Å². The highest BCUT2D eigenvalue weighted by Gasteiger charge is 2.42. The van der Waals surface area contributed by atoms with Crippen LogP contribution < -0.4 is 31.0 Å². The molecule has 1 unspecified atom stereocenters. The number of ether oxygens (including phenoxy) is 3. The number of pyridine rings is 1. The SMILES string of the molecule is CCOc1cc(C(=O)NC2CC(NC(=O)COc3cccc(C(O)(C(=O)OCC4CCN(Cc5ccccc5)CC4)c4ccccc4)c3)C2)ccc1CNC[C@H](O)c1ccc(O)c2[nH]c(=O)ccc12. The van der Waals surface area contributed by atoms with Crippen molar-refractivity contribution < 1.29 is 43.9 Å². The Morgan fingerprint density at radius 1 is 0.826 bits per heavy atom. The molecule has 2 heterocycles. The summed E-state index contributed by atoms with van der Waals surface area (Å²) in [5.74, 6) is -0.508. The van der Waals surface area contributed by atoms with E-state index >= 15 is 0 Å². The molecule has 2 aliphatic rings. The van der Waals surface area contributed by atoms with Gasteiger partial charge < -0.3 is 50.5 Å². The van der Waals surface area contributed by atoms with Gasteiger partial charge in [-0.2, -0.15) is 0 Å². The molecular weight excluding hydrogens is 879 g/mol. The molecule has 0 bridgehead atoms. The molecular formula is C54H59N5O10. The normalized spacial score (nSPS) is 17.5. The van der Waals surface area contributed by atoms with Gasteiger partial charge in [0.25, 0.3) is 11.8 Å². The predicted molar refractivity (Wildman–Crippen MR) is 260 cm³/mol. The molecule has 5 aromatic carbocycles. The summed E-state index contributed by atoms with van der Waals surface area (Å²) in [7, 11) is 0. The summed E-state index contributed by atoms with van der Waals surface area (Å²) in [5.41, 5.74) is 1.40. The van der Waals surface area contributed by atoms with Crippen LogP contribution in [0.1, 0.15) is 76.9 Å². The zero-order valence-corrected chi connectivity index (χ0v) is 38.6. The predicted octanol–water partition coefficient (Wildman–Crippen LogP) is 5.60. The number of carbonyl (C=O) groups is 3. The number of nitrogens with one attached hydrogen (secondary N) is 4. The maximum absolute atomic E-state index is 13.9. The topological polar surface area (TPSA) is 212 Å². The molecule has 2 atom stereocenters. The number of phenolic OH excluding ortho intramolecular Hbond substituents is 1. The second-order valence-electron chi connectivity index (χ2n) is 17.8. The number of aliphatic hydroxyl groups excluding tert-OH is 1. The lowest BCUT2D eigenvalue weighted by atomic mass is 9.86. The van der Waals surface area contributed by atoms with Crippen molar-refractivity contribution in [2.75, 3.05) is 39.5 Å². The third kappa shape index (κ3) is 12.0. The van der Waals surface area contributed by atoms with Crippen molar-refractivity contribution in [1.82, 2.24) is 25.8 Å². The zero-order chi connectivity index (χ0) is 48.3. The Morgan fingerprint density at radius 3 is 2.30 bits per heavy atom. The molecule has 8 rings (SSSR count). The molecule has 15 heteroatoms. The summed E-state index contributed by atoms with van der Waals surface area (Å²) >= 11 is 0. The standard InChI is InChI=1S/C54H59N5O10/c1-2-67-48-26-37(16-17-38(48)30-55-31-47(61)44-18-20-46(60)51-45(44)19-21-49(62)58-51)52(64)57-42-28-41(29-42)56-50(63)34-68-43-15-9-14-40(27-43)54(66,39-12-7-4-8-13-39)53(65)69-33-36-22-24-59(25-23-36)32-35-10-5-3-6-11-35/h3-21,26-27,36,41-42,47,55,60-61,66H,2,22-25,28-34H2,1H3,(H,56,63)(H,57,64)(H,58,62)/t41?,42?,47-,54?/m0/s1. The first-order valence-corrected chi connectivity index (χ1v) is 23.5. The summed E-state index contributed by atoms with van der Waals surface area (Å²) in [6.45, 7) is 5.28. The molecule has 0 spiro atoms. The van der Waals surface area contributed by atoms with Crippen LogP contribution in [0.5, 0.6) is 17.2 Å². The van der Waals surface area contributed by atoms with Gasteiger partial charge in [-0.15, -0.1) is 0 Å². The Hall–Kier alpha value is -7.04. The molecule has 1 saturated heterocycles. The quantitative estimate of drug-likeness (QED) is 0.0467. The number of hydrogen-bond donors (Lipinski definition) is 7. The average molecular weight is 938 g/mol. The number of benzene rings is 5. The van der Waals surface area contributed by atoms with Gasteiger partial charge in [-0.05, 0) is 105 Å². The highest BCUT2D eigenvalue weighted by molar-refractivity contribution is 5.95. The van der Waals surface area contributed by atoms with Crippen LogP contribution in [0.2, 0.25) is 0 Å². The Kier molecular flexibility index (Phi) is 15.7. The number of carbonyl (C=O) groups excluding carboxylic acids is 3. The van der Waals surface area contributed by atoms with Crippen molar-refractivity contribution in [2.45, 2.75) is 69.5 Å².